The van der Waals surface area contributed by atoms with Gasteiger partial charge in [-0.1, -0.05) is 23.7 Å². The highest BCUT2D eigenvalue weighted by Gasteiger charge is 2.59. The molecule has 4 aliphatic carbocycles. The lowest BCUT2D eigenvalue weighted by Crippen LogP contribution is -2.63. The first-order chi connectivity index (χ1) is 12.7. The van der Waals surface area contributed by atoms with Crippen LogP contribution in [-0.2, 0) is 9.59 Å². The molecule has 0 radical (unpaired) electrons. The van der Waals surface area contributed by atoms with Gasteiger partial charge in [-0.3, -0.25) is 9.59 Å². The molecule has 0 aromatic heterocycles. The van der Waals surface area contributed by atoms with Crippen LogP contribution < -0.4 is 10.1 Å². The first-order valence-electron chi connectivity index (χ1n) is 9.68. The van der Waals surface area contributed by atoms with Gasteiger partial charge in [-0.05, 0) is 75.8 Å². The Bertz CT molecular complexity index is 761. The molecule has 5 atom stereocenters. The van der Waals surface area contributed by atoms with Crippen molar-refractivity contribution in [1.82, 2.24) is 5.32 Å². The summed E-state index contributed by atoms with van der Waals surface area (Å²) in [6.07, 6.45) is 4.18. The Labute approximate surface area is 164 Å². The van der Waals surface area contributed by atoms with Crippen molar-refractivity contribution in [1.29, 1.82) is 0 Å². The molecule has 1 aromatic carbocycles. The van der Waals surface area contributed by atoms with Crippen LogP contribution in [0.3, 0.4) is 0 Å². The number of halogens is 1. The van der Waals surface area contributed by atoms with E-state index >= 15 is 0 Å². The number of carboxylic acids is 1. The third-order valence-corrected chi connectivity index (χ3v) is 7.09. The van der Waals surface area contributed by atoms with Gasteiger partial charge in [0.05, 0.1) is 10.4 Å². The number of benzene rings is 1. The minimum absolute atomic E-state index is 0.0376. The van der Waals surface area contributed by atoms with E-state index in [-0.39, 0.29) is 23.8 Å². The molecular weight excluding hydrogens is 366 g/mol. The van der Waals surface area contributed by atoms with Crippen LogP contribution in [0.5, 0.6) is 5.75 Å². The van der Waals surface area contributed by atoms with Gasteiger partial charge < -0.3 is 15.2 Å². The molecule has 6 heteroatoms. The quantitative estimate of drug-likeness (QED) is 0.798. The van der Waals surface area contributed by atoms with Gasteiger partial charge in [0, 0.05) is 6.04 Å². The van der Waals surface area contributed by atoms with Crippen LogP contribution in [0.2, 0.25) is 5.02 Å². The summed E-state index contributed by atoms with van der Waals surface area (Å²) in [4.78, 5) is 24.8. The normalized spacial score (nSPS) is 34.3. The van der Waals surface area contributed by atoms with Crippen LogP contribution >= 0.6 is 11.6 Å². The zero-order valence-electron chi connectivity index (χ0n) is 15.7. The first-order valence-corrected chi connectivity index (χ1v) is 10.1. The molecule has 27 heavy (non-hydrogen) atoms. The molecule has 4 saturated carbocycles. The summed E-state index contributed by atoms with van der Waals surface area (Å²) < 4.78 is 5.91. The van der Waals surface area contributed by atoms with E-state index in [1.54, 1.807) is 26.0 Å². The van der Waals surface area contributed by atoms with E-state index in [9.17, 15) is 14.7 Å². The zero-order chi connectivity index (χ0) is 19.4. The Morgan fingerprint density at radius 2 is 1.81 bits per heavy atom. The van der Waals surface area contributed by atoms with Gasteiger partial charge in [0.2, 0.25) is 0 Å². The molecule has 4 unspecified atom stereocenters. The number of hydrogen-bond acceptors (Lipinski definition) is 3. The minimum Gasteiger partial charge on any atom is -0.481 e. The van der Waals surface area contributed by atoms with Crippen LogP contribution in [0.25, 0.3) is 0 Å². The summed E-state index contributed by atoms with van der Waals surface area (Å²) in [5.41, 5.74) is -1.63. The molecule has 0 spiro atoms. The maximum absolute atomic E-state index is 13.0. The number of rotatable bonds is 5. The van der Waals surface area contributed by atoms with Crippen molar-refractivity contribution in [3.63, 3.8) is 0 Å². The van der Waals surface area contributed by atoms with Gasteiger partial charge in [0.15, 0.2) is 5.60 Å². The molecule has 1 aromatic rings. The van der Waals surface area contributed by atoms with E-state index in [1.165, 1.54) is 0 Å². The maximum Gasteiger partial charge on any atom is 0.309 e. The lowest BCUT2D eigenvalue weighted by Gasteiger charge is -2.58. The highest BCUT2D eigenvalue weighted by atomic mass is 35.5. The van der Waals surface area contributed by atoms with Gasteiger partial charge in [0.25, 0.3) is 5.91 Å². The van der Waals surface area contributed by atoms with E-state index in [4.69, 9.17) is 16.3 Å². The molecule has 4 aliphatic rings. The fourth-order valence-corrected chi connectivity index (χ4v) is 5.87. The molecular formula is C21H26ClNO4. The van der Waals surface area contributed by atoms with Crippen LogP contribution in [0.15, 0.2) is 24.3 Å². The molecule has 2 N–H and O–H groups in total. The standard InChI is InChI=1S/C21H26ClNO4/c1-20(2,27-16-6-4-3-5-15(16)22)18(24)23-17-13-7-12-8-14(17)11-21(9-12,10-13)19(25)26/h3-6,12-14,17H,7-11H2,1-2H3,(H,23,24)(H,25,26)/t12?,13-,14?,17?,21?/m1/s1. The van der Waals surface area contributed by atoms with Gasteiger partial charge in [-0.25, -0.2) is 0 Å². The Morgan fingerprint density at radius 3 is 2.41 bits per heavy atom. The van der Waals surface area contributed by atoms with Crippen LogP contribution in [0, 0.1) is 23.2 Å². The van der Waals surface area contributed by atoms with Crippen molar-refractivity contribution in [2.45, 2.75) is 57.6 Å². The summed E-state index contributed by atoms with van der Waals surface area (Å²) in [7, 11) is 0. The number of carbonyl (C=O) groups excluding carboxylic acids is 1. The minimum atomic E-state index is -1.07. The van der Waals surface area contributed by atoms with Crippen LogP contribution in [-0.4, -0.2) is 28.6 Å². The summed E-state index contributed by atoms with van der Waals surface area (Å²) in [5.74, 6) is 0.617. The Kier molecular flexibility index (Phi) is 4.41. The van der Waals surface area contributed by atoms with Crippen molar-refractivity contribution in [2.24, 2.45) is 23.2 Å². The lowest BCUT2D eigenvalue weighted by molar-refractivity contribution is -0.168. The monoisotopic (exact) mass is 391 g/mol. The van der Waals surface area contributed by atoms with Crippen molar-refractivity contribution in [3.05, 3.63) is 29.3 Å². The molecule has 0 saturated heterocycles. The van der Waals surface area contributed by atoms with Gasteiger partial charge >= 0.3 is 5.97 Å². The topological polar surface area (TPSA) is 75.6 Å². The molecule has 5 nitrogen and oxygen atoms in total. The van der Waals surface area contributed by atoms with Crippen molar-refractivity contribution in [3.8, 4) is 5.75 Å². The Balaban J connectivity index is 1.47. The average molecular weight is 392 g/mol. The van der Waals surface area contributed by atoms with Gasteiger partial charge in [-0.2, -0.15) is 0 Å². The van der Waals surface area contributed by atoms with Crippen molar-refractivity contribution < 1.29 is 19.4 Å². The number of amides is 1. The molecule has 4 fully saturated rings. The summed E-state index contributed by atoms with van der Waals surface area (Å²) in [6, 6.07) is 7.15. The highest BCUT2D eigenvalue weighted by Crippen LogP contribution is 2.60. The number of hydrogen-bond donors (Lipinski definition) is 2. The van der Waals surface area contributed by atoms with E-state index in [2.05, 4.69) is 5.32 Å². The second-order valence-electron chi connectivity index (χ2n) is 9.10. The number of carbonyl (C=O) groups is 2. The van der Waals surface area contributed by atoms with Gasteiger partial charge in [-0.15, -0.1) is 0 Å². The molecule has 5 rings (SSSR count). The fraction of sp³-hybridized carbons (Fsp3) is 0.619. The van der Waals surface area contributed by atoms with Crippen molar-refractivity contribution in [2.75, 3.05) is 0 Å². The third kappa shape index (κ3) is 3.20. The lowest BCUT2D eigenvalue weighted by atomic mass is 9.48. The molecule has 0 heterocycles. The van der Waals surface area contributed by atoms with Gasteiger partial charge in [0.1, 0.15) is 5.75 Å². The average Bonchev–Trinajstić information content (AvgIpc) is 2.59. The van der Waals surface area contributed by atoms with E-state index in [1.807, 2.05) is 12.1 Å². The molecule has 146 valence electrons. The molecule has 1 amide bonds. The predicted molar refractivity (Wildman–Crippen MR) is 102 cm³/mol. The number of para-hydroxylation sites is 1. The first kappa shape index (κ1) is 18.6. The van der Waals surface area contributed by atoms with E-state index < -0.39 is 17.0 Å². The smallest absolute Gasteiger partial charge is 0.309 e. The SMILES string of the molecule is CC(C)(Oc1ccccc1Cl)C(=O)NC1C2CC3C[C@@H]1CC(C(=O)O)(C3)C2. The van der Waals surface area contributed by atoms with E-state index in [0.717, 1.165) is 19.3 Å². The third-order valence-electron chi connectivity index (χ3n) is 6.77. The Morgan fingerprint density at radius 1 is 1.19 bits per heavy atom. The Hall–Kier alpha value is -1.75. The molecule has 4 bridgehead atoms. The number of ether oxygens (including phenoxy) is 1. The van der Waals surface area contributed by atoms with Crippen LogP contribution in [0.4, 0.5) is 0 Å². The predicted octanol–water partition coefficient (Wildman–Crippen LogP) is 3.89. The molecule has 0 aliphatic heterocycles. The van der Waals surface area contributed by atoms with E-state index in [0.29, 0.717) is 29.5 Å². The second-order valence-corrected chi connectivity index (χ2v) is 9.50. The fourth-order valence-electron chi connectivity index (χ4n) is 5.70. The second kappa shape index (κ2) is 6.40. The summed E-state index contributed by atoms with van der Waals surface area (Å²) in [6.45, 7) is 3.47. The zero-order valence-corrected chi connectivity index (χ0v) is 16.5. The van der Waals surface area contributed by atoms with Crippen LogP contribution in [0.1, 0.15) is 46.0 Å². The number of nitrogens with one attached hydrogen (secondary N) is 1. The highest BCUT2D eigenvalue weighted by molar-refractivity contribution is 6.32. The summed E-state index contributed by atoms with van der Waals surface area (Å²) in [5, 5.41) is 13.4. The summed E-state index contributed by atoms with van der Waals surface area (Å²) >= 11 is 6.16. The maximum atomic E-state index is 13.0. The number of carboxylic acid groups (broad SMARTS) is 1. The number of aliphatic carboxylic acids is 1. The largest absolute Gasteiger partial charge is 0.481 e. The van der Waals surface area contributed by atoms with Crippen molar-refractivity contribution >= 4 is 23.5 Å².